The van der Waals surface area contributed by atoms with Gasteiger partial charge in [-0.2, -0.15) is 0 Å². The lowest BCUT2D eigenvalue weighted by atomic mass is 9.70. The molecule has 8 aromatic carbocycles. The molecule has 2 aliphatic carbocycles. The van der Waals surface area contributed by atoms with Gasteiger partial charge < -0.3 is 29.6 Å². The van der Waals surface area contributed by atoms with Gasteiger partial charge in [0.15, 0.2) is 11.5 Å². The van der Waals surface area contributed by atoms with Crippen LogP contribution < -0.4 is 21.9 Å². The number of para-hydroxylation sites is 3. The average Bonchev–Trinajstić information content (AvgIpc) is 4.14. The van der Waals surface area contributed by atoms with Crippen molar-refractivity contribution in [2.75, 3.05) is 0 Å². The van der Waals surface area contributed by atoms with E-state index >= 15 is 0 Å². The number of hydrogen-bond acceptors (Lipinski definition) is 6. The topological polar surface area (TPSA) is 117 Å². The molecular formula is C55H46B4N2O6. The van der Waals surface area contributed by atoms with Crippen LogP contribution in [-0.4, -0.2) is 60.9 Å². The first-order chi connectivity index (χ1) is 32.7. The summed E-state index contributed by atoms with van der Waals surface area (Å²) in [7, 11) is 8.04. The lowest BCUT2D eigenvalue weighted by Gasteiger charge is -2.31. The van der Waals surface area contributed by atoms with E-state index in [2.05, 4.69) is 44.5 Å². The fourth-order valence-corrected chi connectivity index (χ4v) is 11.2. The Kier molecular flexibility index (Phi) is 9.47. The molecule has 0 radical (unpaired) electrons. The van der Waals surface area contributed by atoms with Crippen molar-refractivity contribution in [2.24, 2.45) is 0 Å². The summed E-state index contributed by atoms with van der Waals surface area (Å²) in [5.74, 6) is -0.366. The van der Waals surface area contributed by atoms with Gasteiger partial charge in [0.1, 0.15) is 53.9 Å². The van der Waals surface area contributed by atoms with Gasteiger partial charge in [-0.15, -0.1) is 0 Å². The summed E-state index contributed by atoms with van der Waals surface area (Å²) in [6, 6.07) is 44.1. The van der Waals surface area contributed by atoms with Gasteiger partial charge in [-0.25, -0.2) is 0 Å². The second-order valence-corrected chi connectivity index (χ2v) is 18.6. The van der Waals surface area contributed by atoms with Crippen molar-refractivity contribution in [2.45, 2.75) is 43.9 Å². The third-order valence-electron chi connectivity index (χ3n) is 14.9. The zero-order valence-corrected chi connectivity index (χ0v) is 37.9. The van der Waals surface area contributed by atoms with Crippen molar-refractivity contribution in [1.82, 2.24) is 9.13 Å². The molecule has 0 atom stereocenters. The molecule has 10 aromatic rings. The average molecular weight is 874 g/mol. The lowest BCUT2D eigenvalue weighted by Crippen LogP contribution is -2.38. The highest BCUT2D eigenvalue weighted by Crippen LogP contribution is 2.55. The summed E-state index contributed by atoms with van der Waals surface area (Å²) in [4.78, 5) is 0. The van der Waals surface area contributed by atoms with Crippen LogP contribution in [-0.2, 0) is 0 Å². The van der Waals surface area contributed by atoms with Gasteiger partial charge in [-0.3, -0.25) is 9.15 Å². The number of phenolic OH excluding ortho intramolecular Hbond substituents is 4. The smallest absolute Gasteiger partial charge is 0.245 e. The largest absolute Gasteiger partial charge is 0.508 e. The Morgan fingerprint density at radius 3 is 1.49 bits per heavy atom. The second kappa shape index (κ2) is 15.5. The molecule has 324 valence electrons. The normalized spacial score (nSPS) is 14.0. The predicted octanol–water partition coefficient (Wildman–Crippen LogP) is 7.19. The van der Waals surface area contributed by atoms with Gasteiger partial charge in [0.25, 0.3) is 0 Å². The number of fused-ring (bicyclic) bond motifs is 5. The summed E-state index contributed by atoms with van der Waals surface area (Å²) in [5.41, 5.74) is 13.2. The number of phenols is 4. The number of aromatic nitrogens is 2. The van der Waals surface area contributed by atoms with Gasteiger partial charge in [-0.1, -0.05) is 138 Å². The molecule has 2 saturated carbocycles. The van der Waals surface area contributed by atoms with E-state index in [1.54, 1.807) is 0 Å². The molecule has 67 heavy (non-hydrogen) atoms. The number of aromatic hydroxyl groups is 4. The highest BCUT2D eigenvalue weighted by molar-refractivity contribution is 6.56. The van der Waals surface area contributed by atoms with Crippen molar-refractivity contribution in [3.63, 3.8) is 0 Å². The first-order valence-electron chi connectivity index (χ1n) is 23.3. The van der Waals surface area contributed by atoms with E-state index in [0.29, 0.717) is 38.9 Å². The van der Waals surface area contributed by atoms with Crippen molar-refractivity contribution >= 4 is 97.2 Å². The van der Waals surface area contributed by atoms with Gasteiger partial charge in [0.2, 0.25) is 11.2 Å². The minimum atomic E-state index is -0.314. The van der Waals surface area contributed by atoms with E-state index in [9.17, 15) is 20.4 Å². The van der Waals surface area contributed by atoms with Crippen LogP contribution in [0.15, 0.2) is 143 Å². The fraction of sp³-hybridized carbons (Fsp3) is 0.127. The van der Waals surface area contributed by atoms with Crippen LogP contribution in [0.5, 0.6) is 23.0 Å². The van der Waals surface area contributed by atoms with Crippen LogP contribution in [0.4, 0.5) is 0 Å². The minimum absolute atomic E-state index is 0.00562. The van der Waals surface area contributed by atoms with Gasteiger partial charge in [0, 0.05) is 38.7 Å². The Morgan fingerprint density at radius 1 is 0.433 bits per heavy atom. The van der Waals surface area contributed by atoms with Crippen molar-refractivity contribution in [1.29, 1.82) is 0 Å². The highest BCUT2D eigenvalue weighted by Gasteiger charge is 2.38. The Hall–Kier alpha value is -7.58. The van der Waals surface area contributed by atoms with Gasteiger partial charge in [-0.05, 0) is 77.9 Å². The van der Waals surface area contributed by atoms with Gasteiger partial charge >= 0.3 is 0 Å². The molecule has 2 fully saturated rings. The highest BCUT2D eigenvalue weighted by atomic mass is 17.0. The Labute approximate surface area is 390 Å². The summed E-state index contributed by atoms with van der Waals surface area (Å²) >= 11 is 0. The molecule has 2 aliphatic rings. The van der Waals surface area contributed by atoms with E-state index in [4.69, 9.17) is 9.15 Å². The maximum absolute atomic E-state index is 13.3. The summed E-state index contributed by atoms with van der Waals surface area (Å²) < 4.78 is 17.3. The molecular weight excluding hydrogens is 828 g/mol. The maximum Gasteiger partial charge on any atom is 0.245 e. The Balaban J connectivity index is 1.28. The predicted molar refractivity (Wildman–Crippen MR) is 282 cm³/mol. The minimum Gasteiger partial charge on any atom is -0.508 e. The van der Waals surface area contributed by atoms with E-state index < -0.39 is 0 Å². The number of nitrogens with zero attached hydrogens (tertiary/aromatic N) is 2. The standard InChI is InChI=1S/C55H46B4N2O6/c56-43-38(31-26-27-31)47-54(52(64)39(43)28-14-3-1-4-15-28)66-67-55-48(61(47)49-45(58)44(57)40(51(63)46(49)59)29-16-5-2-6-17-29)41(30-18-13-19-30)50(62)42(53(55)65)34-22-9-12-25-37(34)60-35-23-10-7-20-32(35)33-21-8-11-24-36(33)60/h1-12,14-17,20-25,30-31,62-65H,13,18-19,26-27,56-59H2. The summed E-state index contributed by atoms with van der Waals surface area (Å²) in [6.45, 7) is 0. The molecule has 0 bridgehead atoms. The molecule has 2 aromatic heterocycles. The Morgan fingerprint density at radius 2 is 0.925 bits per heavy atom. The zero-order valence-electron chi connectivity index (χ0n) is 37.9. The maximum atomic E-state index is 13.3. The van der Waals surface area contributed by atoms with Crippen molar-refractivity contribution in [3.8, 4) is 67.8 Å². The van der Waals surface area contributed by atoms with Crippen LogP contribution in [0.3, 0.4) is 0 Å². The zero-order chi connectivity index (χ0) is 45.8. The first-order valence-corrected chi connectivity index (χ1v) is 23.3. The van der Waals surface area contributed by atoms with E-state index in [1.165, 1.54) is 0 Å². The third-order valence-corrected chi connectivity index (χ3v) is 14.9. The summed E-state index contributed by atoms with van der Waals surface area (Å²) in [6.07, 6.45) is 4.39. The van der Waals surface area contributed by atoms with Crippen LogP contribution >= 0.6 is 0 Å². The quantitative estimate of drug-likeness (QED) is 0.0996. The van der Waals surface area contributed by atoms with Crippen LogP contribution in [0.2, 0.25) is 0 Å². The van der Waals surface area contributed by atoms with E-state index in [-0.39, 0.29) is 51.6 Å². The molecule has 0 spiro atoms. The number of benzene rings is 8. The number of hydrogen-bond donors (Lipinski definition) is 4. The van der Waals surface area contributed by atoms with E-state index in [1.807, 2.05) is 129 Å². The molecule has 4 N–H and O–H groups in total. The van der Waals surface area contributed by atoms with Crippen molar-refractivity contribution < 1.29 is 29.6 Å². The molecule has 0 aliphatic heterocycles. The van der Waals surface area contributed by atoms with Crippen LogP contribution in [0, 0.1) is 0 Å². The fourth-order valence-electron chi connectivity index (χ4n) is 11.2. The second-order valence-electron chi connectivity index (χ2n) is 18.6. The Bertz CT molecular complexity index is 3650. The monoisotopic (exact) mass is 874 g/mol. The molecule has 0 saturated heterocycles. The molecule has 0 amide bonds. The first kappa shape index (κ1) is 40.9. The number of rotatable bonds is 7. The molecule has 12 rings (SSSR count). The van der Waals surface area contributed by atoms with E-state index in [0.717, 1.165) is 98.2 Å². The van der Waals surface area contributed by atoms with Crippen LogP contribution in [0.1, 0.15) is 55.1 Å². The molecule has 0 unspecified atom stereocenters. The molecule has 12 heteroatoms. The SMILES string of the molecule is Bc1c(B)c(-n2c3c(C4CC4)c(B)c(-c4ccccc4)c(O)c3ooc3c(O)c(-c4ccccc4-n4c5ccccc5c5ccccc54)c(O)c(C4CCC4)c32)c(B)c(O)c1-c1ccccc1. The van der Waals surface area contributed by atoms with Gasteiger partial charge in [0.05, 0.1) is 22.3 Å². The molecule has 8 nitrogen and oxygen atoms in total. The summed E-state index contributed by atoms with van der Waals surface area (Å²) in [5, 5.41) is 53.9. The van der Waals surface area contributed by atoms with Crippen LogP contribution in [0.25, 0.3) is 88.8 Å². The lowest BCUT2D eigenvalue weighted by molar-refractivity contribution is 0.0878. The third kappa shape index (κ3) is 6.04. The molecule has 2 heterocycles. The van der Waals surface area contributed by atoms with Crippen molar-refractivity contribution in [3.05, 3.63) is 145 Å².